The van der Waals surface area contributed by atoms with Gasteiger partial charge in [-0.3, -0.25) is 0 Å². The number of thioether (sulfide) groups is 1. The molecule has 0 unspecified atom stereocenters. The van der Waals surface area contributed by atoms with Crippen LogP contribution in [0.15, 0.2) is 29.2 Å². The average Bonchev–Trinajstić information content (AvgIpc) is 2.55. The fourth-order valence-corrected chi connectivity index (χ4v) is 4.51. The summed E-state index contributed by atoms with van der Waals surface area (Å²) in [7, 11) is 2.30. The first-order valence-corrected chi connectivity index (χ1v) is 7.34. The Labute approximate surface area is 108 Å². The molecule has 3 atom stereocenters. The van der Waals surface area contributed by atoms with Crippen LogP contribution in [0.3, 0.4) is 0 Å². The summed E-state index contributed by atoms with van der Waals surface area (Å²) in [5, 5.41) is 0.798. The van der Waals surface area contributed by atoms with Crippen LogP contribution in [-0.2, 0) is 0 Å². The van der Waals surface area contributed by atoms with Crippen molar-refractivity contribution in [2.75, 3.05) is 12.8 Å². The van der Waals surface area contributed by atoms with Crippen LogP contribution in [-0.4, -0.2) is 29.3 Å². The van der Waals surface area contributed by atoms with E-state index in [0.717, 1.165) is 23.0 Å². The molecule has 17 heavy (non-hydrogen) atoms. The van der Waals surface area contributed by atoms with E-state index < -0.39 is 0 Å². The maximum atomic E-state index is 5.72. The predicted octanol–water partition coefficient (Wildman–Crippen LogP) is 2.99. The number of anilines is 1. The van der Waals surface area contributed by atoms with E-state index in [1.54, 1.807) is 0 Å². The van der Waals surface area contributed by atoms with Gasteiger partial charge in [0.25, 0.3) is 0 Å². The van der Waals surface area contributed by atoms with Crippen molar-refractivity contribution in [1.82, 2.24) is 4.90 Å². The minimum atomic E-state index is 0.798. The normalized spacial score (nSPS) is 32.9. The van der Waals surface area contributed by atoms with Gasteiger partial charge in [0, 0.05) is 27.9 Å². The molecule has 2 bridgehead atoms. The SMILES string of the molecule is CN1[C@@H]2CC[C@H]1C[C@H](Sc1ccc(N)cc1)C2. The van der Waals surface area contributed by atoms with E-state index in [1.807, 2.05) is 23.9 Å². The van der Waals surface area contributed by atoms with Gasteiger partial charge in [-0.2, -0.15) is 0 Å². The van der Waals surface area contributed by atoms with Crippen molar-refractivity contribution in [1.29, 1.82) is 0 Å². The van der Waals surface area contributed by atoms with Crippen LogP contribution in [0.5, 0.6) is 0 Å². The summed E-state index contributed by atoms with van der Waals surface area (Å²) in [5.74, 6) is 0. The largest absolute Gasteiger partial charge is 0.399 e. The molecule has 0 amide bonds. The highest BCUT2D eigenvalue weighted by molar-refractivity contribution is 8.00. The first-order valence-electron chi connectivity index (χ1n) is 6.46. The first-order chi connectivity index (χ1) is 8.22. The third-order valence-electron chi connectivity index (χ3n) is 4.24. The van der Waals surface area contributed by atoms with E-state index in [0.29, 0.717) is 0 Å². The molecule has 2 aliphatic heterocycles. The summed E-state index contributed by atoms with van der Waals surface area (Å²) in [6.07, 6.45) is 5.50. The van der Waals surface area contributed by atoms with Crippen molar-refractivity contribution in [3.63, 3.8) is 0 Å². The van der Waals surface area contributed by atoms with E-state index in [9.17, 15) is 0 Å². The third kappa shape index (κ3) is 2.31. The summed E-state index contributed by atoms with van der Waals surface area (Å²) < 4.78 is 0. The van der Waals surface area contributed by atoms with Gasteiger partial charge in [-0.15, -0.1) is 11.8 Å². The second-order valence-corrected chi connectivity index (χ2v) is 6.70. The summed E-state index contributed by atoms with van der Waals surface area (Å²) in [4.78, 5) is 3.97. The average molecular weight is 248 g/mol. The number of nitrogens with two attached hydrogens (primary N) is 1. The summed E-state index contributed by atoms with van der Waals surface area (Å²) in [5.41, 5.74) is 6.58. The molecule has 2 nitrogen and oxygen atoms in total. The standard InChI is InChI=1S/C14H20N2S/c1-16-11-4-5-12(16)9-14(8-11)17-13-6-2-10(15)3-7-13/h2-3,6-7,11-12,14H,4-5,8-9,15H2,1H3/t11-,12+,14-. The van der Waals surface area contributed by atoms with Gasteiger partial charge in [0.1, 0.15) is 0 Å². The van der Waals surface area contributed by atoms with Crippen LogP contribution in [0.4, 0.5) is 5.69 Å². The fourth-order valence-electron chi connectivity index (χ4n) is 3.20. The molecule has 2 saturated heterocycles. The molecule has 92 valence electrons. The first kappa shape index (κ1) is 11.4. The van der Waals surface area contributed by atoms with Crippen molar-refractivity contribution in [3.05, 3.63) is 24.3 Å². The highest BCUT2D eigenvalue weighted by atomic mass is 32.2. The van der Waals surface area contributed by atoms with Gasteiger partial charge < -0.3 is 10.6 Å². The highest BCUT2D eigenvalue weighted by Gasteiger charge is 2.38. The van der Waals surface area contributed by atoms with Crippen LogP contribution < -0.4 is 5.73 Å². The zero-order chi connectivity index (χ0) is 11.8. The van der Waals surface area contributed by atoms with Crippen LogP contribution in [0, 0.1) is 0 Å². The molecular weight excluding hydrogens is 228 g/mol. The number of piperidine rings is 1. The molecule has 0 saturated carbocycles. The lowest BCUT2D eigenvalue weighted by Gasteiger charge is -2.36. The number of nitrogens with zero attached hydrogens (tertiary/aromatic N) is 1. The van der Waals surface area contributed by atoms with Gasteiger partial charge >= 0.3 is 0 Å². The number of benzene rings is 1. The summed E-state index contributed by atoms with van der Waals surface area (Å²) in [6.45, 7) is 0. The Hall–Kier alpha value is -0.670. The second kappa shape index (κ2) is 4.54. The van der Waals surface area contributed by atoms with Crippen LogP contribution in [0.1, 0.15) is 25.7 Å². The predicted molar refractivity (Wildman–Crippen MR) is 74.3 cm³/mol. The number of fused-ring (bicyclic) bond motifs is 2. The maximum absolute atomic E-state index is 5.72. The lowest BCUT2D eigenvalue weighted by molar-refractivity contribution is 0.183. The molecule has 3 heteroatoms. The Morgan fingerprint density at radius 1 is 1.12 bits per heavy atom. The summed E-state index contributed by atoms with van der Waals surface area (Å²) in [6, 6.07) is 9.98. The van der Waals surface area contributed by atoms with Gasteiger partial charge in [-0.1, -0.05) is 0 Å². The van der Waals surface area contributed by atoms with Crippen molar-refractivity contribution < 1.29 is 0 Å². The fraction of sp³-hybridized carbons (Fsp3) is 0.571. The minimum absolute atomic E-state index is 0.798. The zero-order valence-corrected chi connectivity index (χ0v) is 11.1. The molecule has 0 radical (unpaired) electrons. The van der Waals surface area contributed by atoms with Gasteiger partial charge in [-0.05, 0) is 57.0 Å². The molecule has 1 aromatic carbocycles. The number of nitrogen functional groups attached to an aromatic ring is 1. The van der Waals surface area contributed by atoms with Gasteiger partial charge in [0.2, 0.25) is 0 Å². The second-order valence-electron chi connectivity index (χ2n) is 5.33. The molecule has 2 heterocycles. The smallest absolute Gasteiger partial charge is 0.0314 e. The third-order valence-corrected chi connectivity index (χ3v) is 5.50. The van der Waals surface area contributed by atoms with E-state index in [4.69, 9.17) is 5.73 Å². The lowest BCUT2D eigenvalue weighted by atomic mass is 10.0. The van der Waals surface area contributed by atoms with Crippen molar-refractivity contribution in [3.8, 4) is 0 Å². The molecule has 0 spiro atoms. The van der Waals surface area contributed by atoms with E-state index in [1.165, 1.54) is 30.6 Å². The summed E-state index contributed by atoms with van der Waals surface area (Å²) >= 11 is 2.04. The Kier molecular flexibility index (Phi) is 3.05. The molecule has 1 aromatic rings. The van der Waals surface area contributed by atoms with E-state index in [-0.39, 0.29) is 0 Å². The monoisotopic (exact) mass is 248 g/mol. The molecule has 0 aliphatic carbocycles. The van der Waals surface area contributed by atoms with Gasteiger partial charge in [0.05, 0.1) is 0 Å². The molecule has 2 aliphatic rings. The Morgan fingerprint density at radius 2 is 1.71 bits per heavy atom. The molecule has 0 aromatic heterocycles. The maximum Gasteiger partial charge on any atom is 0.0314 e. The molecular formula is C14H20N2S. The van der Waals surface area contributed by atoms with E-state index in [2.05, 4.69) is 24.1 Å². The van der Waals surface area contributed by atoms with Gasteiger partial charge in [-0.25, -0.2) is 0 Å². The molecule has 2 N–H and O–H groups in total. The Morgan fingerprint density at radius 3 is 2.29 bits per heavy atom. The molecule has 3 rings (SSSR count). The Bertz CT molecular complexity index is 376. The van der Waals surface area contributed by atoms with Crippen LogP contribution in [0.25, 0.3) is 0 Å². The van der Waals surface area contributed by atoms with E-state index >= 15 is 0 Å². The topological polar surface area (TPSA) is 29.3 Å². The minimum Gasteiger partial charge on any atom is -0.399 e. The lowest BCUT2D eigenvalue weighted by Crippen LogP contribution is -2.40. The quantitative estimate of drug-likeness (QED) is 0.816. The van der Waals surface area contributed by atoms with Crippen molar-refractivity contribution in [2.45, 2.75) is 47.9 Å². The van der Waals surface area contributed by atoms with Gasteiger partial charge in [0.15, 0.2) is 0 Å². The number of rotatable bonds is 2. The number of hydrogen-bond donors (Lipinski definition) is 1. The highest BCUT2D eigenvalue weighted by Crippen LogP contribution is 2.41. The Balaban J connectivity index is 1.65. The zero-order valence-electron chi connectivity index (χ0n) is 10.3. The number of hydrogen-bond acceptors (Lipinski definition) is 3. The molecule has 2 fully saturated rings. The van der Waals surface area contributed by atoms with Crippen LogP contribution >= 0.6 is 11.8 Å². The van der Waals surface area contributed by atoms with Crippen molar-refractivity contribution >= 4 is 17.4 Å². The van der Waals surface area contributed by atoms with Crippen LogP contribution in [0.2, 0.25) is 0 Å². The van der Waals surface area contributed by atoms with Crippen molar-refractivity contribution in [2.24, 2.45) is 0 Å².